The maximum atomic E-state index is 12.3. The average molecular weight is 330 g/mol. The summed E-state index contributed by atoms with van der Waals surface area (Å²) in [6.45, 7) is 4.04. The Bertz CT molecular complexity index is 677. The summed E-state index contributed by atoms with van der Waals surface area (Å²) in [5, 5.41) is 9.09. The van der Waals surface area contributed by atoms with E-state index in [1.54, 1.807) is 11.3 Å². The minimum Gasteiger partial charge on any atom is -0.335 e. The van der Waals surface area contributed by atoms with Gasteiger partial charge in [-0.2, -0.15) is 0 Å². The molecule has 2 N–H and O–H groups in total. The number of hydrogen-bond donors (Lipinski definition) is 2. The van der Waals surface area contributed by atoms with E-state index in [0.717, 1.165) is 47.9 Å². The highest BCUT2D eigenvalue weighted by Gasteiger charge is 2.19. The van der Waals surface area contributed by atoms with Crippen molar-refractivity contribution in [3.63, 3.8) is 0 Å². The Morgan fingerprint density at radius 2 is 2.04 bits per heavy atom. The molecule has 23 heavy (non-hydrogen) atoms. The summed E-state index contributed by atoms with van der Waals surface area (Å²) in [7, 11) is 2.11. The van der Waals surface area contributed by atoms with Crippen LogP contribution >= 0.6 is 11.3 Å². The highest BCUT2D eigenvalue weighted by molar-refractivity contribution is 7.09. The third-order valence-corrected chi connectivity index (χ3v) is 4.90. The van der Waals surface area contributed by atoms with Gasteiger partial charge in [0.2, 0.25) is 0 Å². The number of aromatic nitrogens is 1. The van der Waals surface area contributed by atoms with Crippen molar-refractivity contribution in [2.24, 2.45) is 0 Å². The van der Waals surface area contributed by atoms with Gasteiger partial charge in [0, 0.05) is 17.0 Å². The number of thiazole rings is 1. The zero-order valence-electron chi connectivity index (χ0n) is 13.5. The molecular formula is C17H22N4OS. The van der Waals surface area contributed by atoms with Crippen molar-refractivity contribution in [2.75, 3.05) is 25.5 Å². The molecule has 1 saturated heterocycles. The largest absolute Gasteiger partial charge is 0.335 e. The first-order valence-corrected chi connectivity index (χ1v) is 8.77. The highest BCUT2D eigenvalue weighted by atomic mass is 32.1. The molecule has 1 aromatic heterocycles. The van der Waals surface area contributed by atoms with Crippen LogP contribution in [0.5, 0.6) is 0 Å². The van der Waals surface area contributed by atoms with Crippen LogP contribution in [-0.2, 0) is 0 Å². The lowest BCUT2D eigenvalue weighted by molar-refractivity contribution is 0.221. The summed E-state index contributed by atoms with van der Waals surface area (Å²) in [6.07, 6.45) is 1.99. The Balaban J connectivity index is 1.67. The van der Waals surface area contributed by atoms with Gasteiger partial charge in [-0.3, -0.25) is 0 Å². The molecule has 0 atom stereocenters. The molecule has 1 aliphatic rings. The molecule has 122 valence electrons. The van der Waals surface area contributed by atoms with Crippen LogP contribution in [0, 0.1) is 6.92 Å². The molecule has 0 aliphatic carbocycles. The van der Waals surface area contributed by atoms with Crippen LogP contribution in [0.25, 0.3) is 11.3 Å². The normalized spacial score (nSPS) is 16.3. The monoisotopic (exact) mass is 330 g/mol. The van der Waals surface area contributed by atoms with Gasteiger partial charge in [-0.05, 0) is 46.0 Å². The molecule has 2 amide bonds. The molecule has 0 saturated carbocycles. The quantitative estimate of drug-likeness (QED) is 0.907. The number of benzene rings is 1. The van der Waals surface area contributed by atoms with Crippen LogP contribution in [0.4, 0.5) is 10.5 Å². The van der Waals surface area contributed by atoms with E-state index < -0.39 is 0 Å². The molecule has 0 radical (unpaired) electrons. The minimum absolute atomic E-state index is 0.140. The Labute approximate surface area is 140 Å². The Morgan fingerprint density at radius 3 is 2.74 bits per heavy atom. The second-order valence-corrected chi connectivity index (χ2v) is 7.04. The Morgan fingerprint density at radius 1 is 1.30 bits per heavy atom. The van der Waals surface area contributed by atoms with Crippen LogP contribution in [0.2, 0.25) is 0 Å². The second kappa shape index (κ2) is 7.10. The molecule has 2 heterocycles. The summed E-state index contributed by atoms with van der Waals surface area (Å²) in [5.74, 6) is 0. The van der Waals surface area contributed by atoms with E-state index in [2.05, 4.69) is 27.6 Å². The lowest BCUT2D eigenvalue weighted by Crippen LogP contribution is -2.44. The number of para-hydroxylation sites is 1. The third-order valence-electron chi connectivity index (χ3n) is 4.12. The lowest BCUT2D eigenvalue weighted by atomic mass is 10.1. The number of carbonyl (C=O) groups is 1. The summed E-state index contributed by atoms with van der Waals surface area (Å²) in [4.78, 5) is 19.1. The highest BCUT2D eigenvalue weighted by Crippen LogP contribution is 2.28. The minimum atomic E-state index is -0.140. The SMILES string of the molecule is Cc1nc(-c2ccccc2NC(=O)NC2CCN(C)CC2)cs1. The number of anilines is 1. The van der Waals surface area contributed by atoms with E-state index >= 15 is 0 Å². The van der Waals surface area contributed by atoms with E-state index in [-0.39, 0.29) is 12.1 Å². The van der Waals surface area contributed by atoms with Gasteiger partial charge in [0.1, 0.15) is 0 Å². The van der Waals surface area contributed by atoms with Gasteiger partial charge in [-0.25, -0.2) is 9.78 Å². The Hall–Kier alpha value is -1.92. The molecule has 1 aromatic carbocycles. The fourth-order valence-corrected chi connectivity index (χ4v) is 3.41. The maximum absolute atomic E-state index is 12.3. The number of carbonyl (C=O) groups excluding carboxylic acids is 1. The average Bonchev–Trinajstić information content (AvgIpc) is 2.96. The molecule has 1 fully saturated rings. The van der Waals surface area contributed by atoms with Gasteiger partial charge in [-0.15, -0.1) is 11.3 Å². The van der Waals surface area contributed by atoms with Gasteiger partial charge < -0.3 is 15.5 Å². The molecule has 0 unspecified atom stereocenters. The van der Waals surface area contributed by atoms with Gasteiger partial charge >= 0.3 is 6.03 Å². The predicted octanol–water partition coefficient (Wildman–Crippen LogP) is 3.33. The number of hydrogen-bond acceptors (Lipinski definition) is 4. The van der Waals surface area contributed by atoms with Crippen molar-refractivity contribution in [1.29, 1.82) is 0 Å². The first-order chi connectivity index (χ1) is 11.1. The van der Waals surface area contributed by atoms with Gasteiger partial charge in [-0.1, -0.05) is 18.2 Å². The fraction of sp³-hybridized carbons (Fsp3) is 0.412. The smallest absolute Gasteiger partial charge is 0.319 e. The third kappa shape index (κ3) is 4.09. The molecule has 5 nitrogen and oxygen atoms in total. The number of nitrogens with zero attached hydrogens (tertiary/aromatic N) is 2. The van der Waals surface area contributed by atoms with Crippen LogP contribution < -0.4 is 10.6 Å². The summed E-state index contributed by atoms with van der Waals surface area (Å²) < 4.78 is 0. The maximum Gasteiger partial charge on any atom is 0.319 e. The fourth-order valence-electron chi connectivity index (χ4n) is 2.80. The zero-order chi connectivity index (χ0) is 16.2. The standard InChI is InChI=1S/C17H22N4OS/c1-12-18-16(11-23-12)14-5-3-4-6-15(14)20-17(22)19-13-7-9-21(2)10-8-13/h3-6,11,13H,7-10H2,1-2H3,(H2,19,20,22). The second-order valence-electron chi connectivity index (χ2n) is 5.97. The summed E-state index contributed by atoms with van der Waals surface area (Å²) in [6, 6.07) is 7.90. The van der Waals surface area contributed by atoms with E-state index in [1.165, 1.54) is 0 Å². The molecule has 6 heteroatoms. The van der Waals surface area contributed by atoms with Crippen molar-refractivity contribution in [2.45, 2.75) is 25.8 Å². The van der Waals surface area contributed by atoms with E-state index in [4.69, 9.17) is 0 Å². The number of rotatable bonds is 3. The van der Waals surface area contributed by atoms with Crippen LogP contribution in [0.3, 0.4) is 0 Å². The van der Waals surface area contributed by atoms with Crippen molar-refractivity contribution >= 4 is 23.1 Å². The molecule has 2 aromatic rings. The summed E-state index contributed by atoms with van der Waals surface area (Å²) in [5.41, 5.74) is 2.65. The van der Waals surface area contributed by atoms with Crippen molar-refractivity contribution < 1.29 is 4.79 Å². The molecular weight excluding hydrogens is 308 g/mol. The van der Waals surface area contributed by atoms with Crippen LogP contribution in [-0.4, -0.2) is 42.1 Å². The van der Waals surface area contributed by atoms with Crippen molar-refractivity contribution in [1.82, 2.24) is 15.2 Å². The van der Waals surface area contributed by atoms with Gasteiger partial charge in [0.05, 0.1) is 16.4 Å². The molecule has 0 bridgehead atoms. The number of urea groups is 1. The number of piperidine rings is 1. The first-order valence-electron chi connectivity index (χ1n) is 7.89. The van der Waals surface area contributed by atoms with Crippen LogP contribution in [0.1, 0.15) is 17.8 Å². The van der Waals surface area contributed by atoms with E-state index in [0.29, 0.717) is 0 Å². The Kier molecular flexibility index (Phi) is 4.93. The van der Waals surface area contributed by atoms with Crippen LogP contribution in [0.15, 0.2) is 29.6 Å². The van der Waals surface area contributed by atoms with E-state index in [9.17, 15) is 4.79 Å². The number of likely N-dealkylation sites (tertiary alicyclic amines) is 1. The van der Waals surface area contributed by atoms with Gasteiger partial charge in [0.15, 0.2) is 0 Å². The molecule has 1 aliphatic heterocycles. The predicted molar refractivity (Wildman–Crippen MR) is 95.0 cm³/mol. The summed E-state index contributed by atoms with van der Waals surface area (Å²) >= 11 is 1.61. The lowest BCUT2D eigenvalue weighted by Gasteiger charge is -2.29. The topological polar surface area (TPSA) is 57.3 Å². The molecule has 3 rings (SSSR count). The zero-order valence-corrected chi connectivity index (χ0v) is 14.3. The van der Waals surface area contributed by atoms with E-state index in [1.807, 2.05) is 36.6 Å². The molecule has 0 spiro atoms. The van der Waals surface area contributed by atoms with Gasteiger partial charge in [0.25, 0.3) is 0 Å². The van der Waals surface area contributed by atoms with Crippen molar-refractivity contribution in [3.05, 3.63) is 34.7 Å². The number of aryl methyl sites for hydroxylation is 1. The first kappa shape index (κ1) is 16.0. The number of amides is 2. The van der Waals surface area contributed by atoms with Crippen molar-refractivity contribution in [3.8, 4) is 11.3 Å². The number of nitrogens with one attached hydrogen (secondary N) is 2.